The Morgan fingerprint density at radius 1 is 1.19 bits per heavy atom. The summed E-state index contributed by atoms with van der Waals surface area (Å²) in [5.41, 5.74) is 2.09. The highest BCUT2D eigenvalue weighted by atomic mass is 32.2. The lowest BCUT2D eigenvalue weighted by atomic mass is 9.80. The number of hydrogen-bond donors (Lipinski definition) is 0. The van der Waals surface area contributed by atoms with E-state index in [1.807, 2.05) is 6.07 Å². The molecule has 2 aromatic carbocycles. The number of sulfone groups is 1. The third-order valence-electron chi connectivity index (χ3n) is 4.89. The van der Waals surface area contributed by atoms with Crippen LogP contribution in [0.1, 0.15) is 42.7 Å². The summed E-state index contributed by atoms with van der Waals surface area (Å²) in [7, 11) is -2.38. The number of methoxy groups -OCH3 is 1. The van der Waals surface area contributed by atoms with Crippen molar-refractivity contribution in [3.05, 3.63) is 59.4 Å². The Labute approximate surface area is 152 Å². The average Bonchev–Trinajstić information content (AvgIpc) is 2.65. The fourth-order valence-corrected chi connectivity index (χ4v) is 4.86. The van der Waals surface area contributed by atoms with Gasteiger partial charge in [0.25, 0.3) is 0 Å². The van der Waals surface area contributed by atoms with Gasteiger partial charge in [0.1, 0.15) is 5.82 Å². The van der Waals surface area contributed by atoms with Crippen LogP contribution >= 0.6 is 0 Å². The van der Waals surface area contributed by atoms with E-state index >= 15 is 0 Å². The van der Waals surface area contributed by atoms with Crippen molar-refractivity contribution in [2.45, 2.75) is 47.8 Å². The molecule has 138 valence electrons. The first-order valence-electron chi connectivity index (χ1n) is 8.62. The molecule has 0 fully saturated rings. The second kappa shape index (κ2) is 7.58. The molecule has 1 aliphatic carbocycles. The van der Waals surface area contributed by atoms with Crippen LogP contribution < -0.4 is 0 Å². The Hall–Kier alpha value is -2.21. The zero-order chi connectivity index (χ0) is 18.7. The molecule has 0 spiro atoms. The van der Waals surface area contributed by atoms with Gasteiger partial charge >= 0.3 is 5.97 Å². The topological polar surface area (TPSA) is 60.4 Å². The fourth-order valence-electron chi connectivity index (χ4n) is 3.52. The van der Waals surface area contributed by atoms with Gasteiger partial charge in [-0.05, 0) is 73.1 Å². The minimum atomic E-state index is -3.76. The Bertz CT molecular complexity index is 921. The maximum atomic E-state index is 13.4. The Balaban J connectivity index is 1.90. The monoisotopic (exact) mass is 376 g/mol. The van der Waals surface area contributed by atoms with Crippen molar-refractivity contribution in [1.82, 2.24) is 0 Å². The van der Waals surface area contributed by atoms with Gasteiger partial charge in [0.2, 0.25) is 9.84 Å². The molecular formula is C20H21FO4S. The van der Waals surface area contributed by atoms with Crippen LogP contribution in [0.3, 0.4) is 0 Å². The molecule has 0 saturated heterocycles. The molecular weight excluding hydrogens is 355 g/mol. The molecule has 0 saturated carbocycles. The van der Waals surface area contributed by atoms with Crippen molar-refractivity contribution in [1.29, 1.82) is 0 Å². The zero-order valence-corrected chi connectivity index (χ0v) is 15.4. The number of hydrogen-bond acceptors (Lipinski definition) is 4. The van der Waals surface area contributed by atoms with Gasteiger partial charge < -0.3 is 4.74 Å². The molecule has 0 aliphatic heterocycles. The van der Waals surface area contributed by atoms with Crippen LogP contribution in [-0.4, -0.2) is 21.5 Å². The van der Waals surface area contributed by atoms with Crippen LogP contribution in [0.5, 0.6) is 0 Å². The number of fused-ring (bicyclic) bond motifs is 1. The van der Waals surface area contributed by atoms with Gasteiger partial charge in [0.15, 0.2) is 0 Å². The zero-order valence-electron chi connectivity index (χ0n) is 14.6. The van der Waals surface area contributed by atoms with Crippen molar-refractivity contribution >= 4 is 15.8 Å². The maximum Gasteiger partial charge on any atom is 0.305 e. The van der Waals surface area contributed by atoms with Crippen molar-refractivity contribution in [3.8, 4) is 0 Å². The lowest BCUT2D eigenvalue weighted by Crippen LogP contribution is -2.13. The average molecular weight is 376 g/mol. The summed E-state index contributed by atoms with van der Waals surface area (Å²) in [4.78, 5) is 11.5. The van der Waals surface area contributed by atoms with Gasteiger partial charge in [-0.3, -0.25) is 4.79 Å². The van der Waals surface area contributed by atoms with Crippen LogP contribution in [0.25, 0.3) is 0 Å². The number of halogens is 1. The second-order valence-corrected chi connectivity index (χ2v) is 8.48. The van der Waals surface area contributed by atoms with Crippen LogP contribution in [0.15, 0.2) is 52.3 Å². The maximum absolute atomic E-state index is 13.4. The molecule has 6 heteroatoms. The summed E-state index contributed by atoms with van der Waals surface area (Å²) >= 11 is 0. The smallest absolute Gasteiger partial charge is 0.305 e. The van der Waals surface area contributed by atoms with Gasteiger partial charge in [-0.15, -0.1) is 0 Å². The van der Waals surface area contributed by atoms with Crippen molar-refractivity contribution < 1.29 is 22.3 Å². The van der Waals surface area contributed by atoms with E-state index in [1.54, 1.807) is 12.1 Å². The highest BCUT2D eigenvalue weighted by Crippen LogP contribution is 2.36. The van der Waals surface area contributed by atoms with Crippen molar-refractivity contribution in [2.75, 3.05) is 7.11 Å². The standard InChI is InChI=1S/C20H21FO4S/c1-25-20(22)11-8-14-4-2-5-15-12-18(9-10-19(14)15)26(23,24)17-7-3-6-16(21)13-17/h3,6-7,9-10,12-14H,2,4-5,8,11H2,1H3/t14-/m0/s1. The highest BCUT2D eigenvalue weighted by Gasteiger charge is 2.25. The number of aryl methyl sites for hydroxylation is 1. The van der Waals surface area contributed by atoms with Gasteiger partial charge in [0, 0.05) is 6.42 Å². The highest BCUT2D eigenvalue weighted by molar-refractivity contribution is 7.91. The summed E-state index contributed by atoms with van der Waals surface area (Å²) in [5.74, 6) is -0.585. The van der Waals surface area contributed by atoms with Gasteiger partial charge in [-0.1, -0.05) is 12.1 Å². The molecule has 1 aliphatic rings. The first kappa shape index (κ1) is 18.6. The third kappa shape index (κ3) is 3.80. The molecule has 2 aromatic rings. The largest absolute Gasteiger partial charge is 0.469 e. The number of rotatable bonds is 5. The number of ether oxygens (including phenoxy) is 1. The van der Waals surface area contributed by atoms with Gasteiger partial charge in [-0.25, -0.2) is 12.8 Å². The normalized spacial score (nSPS) is 16.8. The molecule has 4 nitrogen and oxygen atoms in total. The summed E-state index contributed by atoms with van der Waals surface area (Å²) in [6.45, 7) is 0. The van der Waals surface area contributed by atoms with Crippen LogP contribution in [-0.2, 0) is 25.8 Å². The Morgan fingerprint density at radius 3 is 2.69 bits per heavy atom. The van der Waals surface area contributed by atoms with Crippen molar-refractivity contribution in [3.63, 3.8) is 0 Å². The van der Waals surface area contributed by atoms with Crippen LogP contribution in [0.4, 0.5) is 4.39 Å². The summed E-state index contributed by atoms with van der Waals surface area (Å²) in [5, 5.41) is 0. The molecule has 0 unspecified atom stereocenters. The number of benzene rings is 2. The molecule has 0 heterocycles. The predicted molar refractivity (Wildman–Crippen MR) is 95.2 cm³/mol. The minimum Gasteiger partial charge on any atom is -0.469 e. The van der Waals surface area contributed by atoms with Crippen molar-refractivity contribution in [2.24, 2.45) is 0 Å². The lowest BCUT2D eigenvalue weighted by molar-refractivity contribution is -0.140. The molecule has 0 bridgehead atoms. The van der Waals surface area contributed by atoms with Crippen LogP contribution in [0.2, 0.25) is 0 Å². The van der Waals surface area contributed by atoms with Crippen LogP contribution in [0, 0.1) is 5.82 Å². The first-order chi connectivity index (χ1) is 12.4. The van der Waals surface area contributed by atoms with E-state index in [1.165, 1.54) is 25.3 Å². The summed E-state index contributed by atoms with van der Waals surface area (Å²) in [6, 6.07) is 10.2. The van der Waals surface area contributed by atoms with E-state index < -0.39 is 15.7 Å². The summed E-state index contributed by atoms with van der Waals surface area (Å²) in [6.07, 6.45) is 3.76. The number of esters is 1. The quantitative estimate of drug-likeness (QED) is 0.739. The van der Waals surface area contributed by atoms with Gasteiger partial charge in [0.05, 0.1) is 16.9 Å². The van der Waals surface area contributed by atoms with Gasteiger partial charge in [-0.2, -0.15) is 0 Å². The molecule has 0 amide bonds. The van der Waals surface area contributed by atoms with E-state index in [-0.39, 0.29) is 21.7 Å². The predicted octanol–water partition coefficient (Wildman–Crippen LogP) is 4.03. The van der Waals surface area contributed by atoms with E-state index in [0.717, 1.165) is 36.5 Å². The third-order valence-corrected chi connectivity index (χ3v) is 6.64. The SMILES string of the molecule is COC(=O)CC[C@@H]1CCCc2cc(S(=O)(=O)c3cccc(F)c3)ccc21. The molecule has 3 rings (SSSR count). The molecule has 26 heavy (non-hydrogen) atoms. The minimum absolute atomic E-state index is 0.0458. The van der Waals surface area contributed by atoms with E-state index in [2.05, 4.69) is 0 Å². The first-order valence-corrected chi connectivity index (χ1v) is 10.1. The Kier molecular flexibility index (Phi) is 5.41. The molecule has 0 N–H and O–H groups in total. The summed E-state index contributed by atoms with van der Waals surface area (Å²) < 4.78 is 43.7. The number of carbonyl (C=O) groups is 1. The second-order valence-electron chi connectivity index (χ2n) is 6.53. The fraction of sp³-hybridized carbons (Fsp3) is 0.350. The Morgan fingerprint density at radius 2 is 1.96 bits per heavy atom. The number of carbonyl (C=O) groups excluding carboxylic acids is 1. The molecule has 1 atom stereocenters. The molecule has 0 radical (unpaired) electrons. The molecule has 0 aromatic heterocycles. The van der Waals surface area contributed by atoms with E-state index in [0.29, 0.717) is 12.8 Å². The van der Waals surface area contributed by atoms with E-state index in [4.69, 9.17) is 4.74 Å². The lowest BCUT2D eigenvalue weighted by Gasteiger charge is -2.26. The van der Waals surface area contributed by atoms with E-state index in [9.17, 15) is 17.6 Å².